The minimum absolute atomic E-state index is 0.0247. The highest BCUT2D eigenvalue weighted by molar-refractivity contribution is 5.84. The first kappa shape index (κ1) is 15.0. The Kier molecular flexibility index (Phi) is 4.75. The molecular formula is C14H24N4O2. The first-order valence-corrected chi connectivity index (χ1v) is 7.33. The smallest absolute Gasteiger partial charge is 0.358 e. The van der Waals surface area contributed by atoms with Crippen molar-refractivity contribution in [3.05, 3.63) is 11.9 Å². The number of aromatic carboxylic acids is 1. The van der Waals surface area contributed by atoms with Crippen molar-refractivity contribution in [1.29, 1.82) is 0 Å². The van der Waals surface area contributed by atoms with E-state index in [2.05, 4.69) is 36.0 Å². The van der Waals surface area contributed by atoms with Crippen LogP contribution in [0.25, 0.3) is 0 Å². The van der Waals surface area contributed by atoms with Gasteiger partial charge in [-0.05, 0) is 24.7 Å². The van der Waals surface area contributed by atoms with E-state index < -0.39 is 5.97 Å². The van der Waals surface area contributed by atoms with Gasteiger partial charge in [0.2, 0.25) is 0 Å². The second-order valence-corrected chi connectivity index (χ2v) is 6.33. The Hall–Kier alpha value is -1.43. The predicted octanol–water partition coefficient (Wildman–Crippen LogP) is 1.91. The Morgan fingerprint density at radius 2 is 2.25 bits per heavy atom. The van der Waals surface area contributed by atoms with E-state index in [-0.39, 0.29) is 11.7 Å². The number of likely N-dealkylation sites (tertiary alicyclic amines) is 1. The lowest BCUT2D eigenvalue weighted by molar-refractivity contribution is 0.0690. The molecule has 1 N–H and O–H groups in total. The molecule has 0 bridgehead atoms. The van der Waals surface area contributed by atoms with Crippen LogP contribution in [0, 0.1) is 11.8 Å². The van der Waals surface area contributed by atoms with Crippen LogP contribution in [0.1, 0.15) is 50.1 Å². The van der Waals surface area contributed by atoms with Crippen LogP contribution in [0.2, 0.25) is 0 Å². The van der Waals surface area contributed by atoms with Gasteiger partial charge in [-0.2, -0.15) is 0 Å². The molecule has 1 aromatic rings. The Morgan fingerprint density at radius 1 is 1.50 bits per heavy atom. The molecule has 6 heteroatoms. The first-order chi connectivity index (χ1) is 9.45. The van der Waals surface area contributed by atoms with Gasteiger partial charge in [0.15, 0.2) is 5.69 Å². The highest BCUT2D eigenvalue weighted by atomic mass is 16.4. The monoisotopic (exact) mass is 280 g/mol. The molecule has 1 aliphatic heterocycles. The minimum atomic E-state index is -1.02. The fourth-order valence-electron chi connectivity index (χ4n) is 3.07. The van der Waals surface area contributed by atoms with Crippen LogP contribution in [-0.4, -0.2) is 50.6 Å². The highest BCUT2D eigenvalue weighted by Crippen LogP contribution is 2.23. The second kappa shape index (κ2) is 6.35. The van der Waals surface area contributed by atoms with Gasteiger partial charge in [-0.1, -0.05) is 26.0 Å². The number of carbonyl (C=O) groups is 1. The van der Waals surface area contributed by atoms with Crippen molar-refractivity contribution in [2.45, 2.75) is 39.7 Å². The summed E-state index contributed by atoms with van der Waals surface area (Å²) in [5.41, 5.74) is 0.0247. The molecule has 1 aliphatic rings. The molecule has 2 rings (SSSR count). The van der Waals surface area contributed by atoms with Crippen molar-refractivity contribution in [3.63, 3.8) is 0 Å². The van der Waals surface area contributed by atoms with Crippen LogP contribution in [0.15, 0.2) is 6.20 Å². The molecule has 2 unspecified atom stereocenters. The van der Waals surface area contributed by atoms with E-state index in [1.54, 1.807) is 4.68 Å². The SMILES string of the molecule is CC(C)CC(C)CN1CCC(n2cc(C(=O)O)nn2)C1. The standard InChI is InChI=1S/C14H24N4O2/c1-10(2)6-11(3)7-17-5-4-12(8-17)18-9-13(14(19)20)15-16-18/h9-12H,4-8H2,1-3H3,(H,19,20). The van der Waals surface area contributed by atoms with Crippen molar-refractivity contribution in [2.24, 2.45) is 11.8 Å². The van der Waals surface area contributed by atoms with Crippen molar-refractivity contribution in [1.82, 2.24) is 19.9 Å². The van der Waals surface area contributed by atoms with E-state index in [0.717, 1.165) is 32.0 Å². The molecule has 2 heterocycles. The van der Waals surface area contributed by atoms with Crippen molar-refractivity contribution >= 4 is 5.97 Å². The quantitative estimate of drug-likeness (QED) is 0.861. The van der Waals surface area contributed by atoms with Crippen molar-refractivity contribution in [2.75, 3.05) is 19.6 Å². The summed E-state index contributed by atoms with van der Waals surface area (Å²) in [7, 11) is 0. The highest BCUT2D eigenvalue weighted by Gasteiger charge is 2.26. The Morgan fingerprint density at radius 3 is 2.85 bits per heavy atom. The summed E-state index contributed by atoms with van der Waals surface area (Å²) in [6.07, 6.45) is 3.79. The predicted molar refractivity (Wildman–Crippen MR) is 75.7 cm³/mol. The van der Waals surface area contributed by atoms with Crippen LogP contribution in [0.5, 0.6) is 0 Å². The molecule has 0 aromatic carbocycles. The summed E-state index contributed by atoms with van der Waals surface area (Å²) in [6, 6.07) is 0.252. The maximum Gasteiger partial charge on any atom is 0.358 e. The van der Waals surface area contributed by atoms with E-state index in [1.165, 1.54) is 12.6 Å². The van der Waals surface area contributed by atoms with E-state index >= 15 is 0 Å². The molecule has 1 aromatic heterocycles. The third-order valence-corrected chi connectivity index (χ3v) is 3.79. The van der Waals surface area contributed by atoms with E-state index in [4.69, 9.17) is 5.11 Å². The number of rotatable bonds is 6. The third-order valence-electron chi connectivity index (χ3n) is 3.79. The summed E-state index contributed by atoms with van der Waals surface area (Å²) < 4.78 is 1.70. The van der Waals surface area contributed by atoms with E-state index in [1.807, 2.05) is 0 Å². The Labute approximate surface area is 119 Å². The van der Waals surface area contributed by atoms with Crippen molar-refractivity contribution in [3.8, 4) is 0 Å². The molecule has 0 saturated carbocycles. The molecule has 0 spiro atoms. The Balaban J connectivity index is 1.86. The summed E-state index contributed by atoms with van der Waals surface area (Å²) in [4.78, 5) is 13.3. The fourth-order valence-corrected chi connectivity index (χ4v) is 3.07. The van der Waals surface area contributed by atoms with Gasteiger partial charge < -0.3 is 10.0 Å². The second-order valence-electron chi connectivity index (χ2n) is 6.33. The fraction of sp³-hybridized carbons (Fsp3) is 0.786. The maximum absolute atomic E-state index is 10.8. The molecule has 112 valence electrons. The van der Waals surface area contributed by atoms with E-state index in [9.17, 15) is 4.79 Å². The number of aromatic nitrogens is 3. The lowest BCUT2D eigenvalue weighted by Gasteiger charge is -2.22. The molecule has 6 nitrogen and oxygen atoms in total. The molecule has 1 fully saturated rings. The third kappa shape index (κ3) is 3.79. The number of hydrogen-bond acceptors (Lipinski definition) is 4. The van der Waals surface area contributed by atoms with Crippen LogP contribution in [0.3, 0.4) is 0 Å². The van der Waals surface area contributed by atoms with Gasteiger partial charge in [0, 0.05) is 19.6 Å². The van der Waals surface area contributed by atoms with Gasteiger partial charge in [0.05, 0.1) is 12.2 Å². The molecule has 0 amide bonds. The molecule has 2 atom stereocenters. The van der Waals surface area contributed by atoms with Crippen LogP contribution >= 0.6 is 0 Å². The van der Waals surface area contributed by atoms with Gasteiger partial charge in [-0.3, -0.25) is 0 Å². The average Bonchev–Trinajstić information content (AvgIpc) is 2.94. The molecular weight excluding hydrogens is 256 g/mol. The largest absolute Gasteiger partial charge is 0.476 e. The molecule has 0 radical (unpaired) electrons. The van der Waals surface area contributed by atoms with Gasteiger partial charge in [0.1, 0.15) is 0 Å². The van der Waals surface area contributed by atoms with E-state index in [0.29, 0.717) is 5.92 Å². The van der Waals surface area contributed by atoms with Crippen LogP contribution in [0.4, 0.5) is 0 Å². The lowest BCUT2D eigenvalue weighted by atomic mass is 9.98. The average molecular weight is 280 g/mol. The first-order valence-electron chi connectivity index (χ1n) is 7.33. The van der Waals surface area contributed by atoms with Gasteiger partial charge >= 0.3 is 5.97 Å². The zero-order valence-corrected chi connectivity index (χ0v) is 12.5. The number of carboxylic acid groups (broad SMARTS) is 1. The lowest BCUT2D eigenvalue weighted by Crippen LogP contribution is -2.27. The van der Waals surface area contributed by atoms with Gasteiger partial charge in [-0.15, -0.1) is 5.10 Å². The number of carboxylic acids is 1. The van der Waals surface area contributed by atoms with Crippen LogP contribution < -0.4 is 0 Å². The zero-order chi connectivity index (χ0) is 14.7. The molecule has 20 heavy (non-hydrogen) atoms. The minimum Gasteiger partial charge on any atom is -0.476 e. The number of nitrogens with zero attached hydrogens (tertiary/aromatic N) is 4. The molecule has 1 saturated heterocycles. The van der Waals surface area contributed by atoms with Gasteiger partial charge in [0.25, 0.3) is 0 Å². The topological polar surface area (TPSA) is 71.2 Å². The normalized spacial score (nSPS) is 21.5. The Bertz CT molecular complexity index is 458. The summed E-state index contributed by atoms with van der Waals surface area (Å²) >= 11 is 0. The zero-order valence-electron chi connectivity index (χ0n) is 12.5. The van der Waals surface area contributed by atoms with Crippen LogP contribution in [-0.2, 0) is 0 Å². The van der Waals surface area contributed by atoms with Gasteiger partial charge in [-0.25, -0.2) is 9.48 Å². The molecule has 0 aliphatic carbocycles. The summed E-state index contributed by atoms with van der Waals surface area (Å²) in [5, 5.41) is 16.5. The van der Waals surface area contributed by atoms with Crippen molar-refractivity contribution < 1.29 is 9.90 Å². The summed E-state index contributed by atoms with van der Waals surface area (Å²) in [6.45, 7) is 9.90. The number of hydrogen-bond donors (Lipinski definition) is 1. The maximum atomic E-state index is 10.8. The summed E-state index contributed by atoms with van der Waals surface area (Å²) in [5.74, 6) is 0.410.